The Labute approximate surface area is 154 Å². The molecule has 0 radical (unpaired) electrons. The van der Waals surface area contributed by atoms with E-state index in [4.69, 9.17) is 4.74 Å². The summed E-state index contributed by atoms with van der Waals surface area (Å²) in [6, 6.07) is 9.12. The van der Waals surface area contributed by atoms with Crippen LogP contribution in [0.1, 0.15) is 29.7 Å². The summed E-state index contributed by atoms with van der Waals surface area (Å²) in [7, 11) is 2.22. The van der Waals surface area contributed by atoms with Gasteiger partial charge in [0.05, 0.1) is 12.2 Å². The molecule has 2 aromatic heterocycles. The largest absolute Gasteiger partial charge is 0.373 e. The first kappa shape index (κ1) is 17.2. The summed E-state index contributed by atoms with van der Waals surface area (Å²) in [5.74, 6) is 0. The van der Waals surface area contributed by atoms with Gasteiger partial charge in [-0.2, -0.15) is 0 Å². The number of likely N-dealkylation sites (tertiary alicyclic amines) is 1. The standard InChI is InChI=1S/C20H27N3OS/c1-22(14-17-4-8-21-9-5-17)18-13-20(24-16-18)6-10-23(11-7-20)15-19-3-2-12-25-19/h2-5,8-9,12,18H,6-7,10-11,13-16H2,1H3. The lowest BCUT2D eigenvalue weighted by Crippen LogP contribution is -2.44. The molecular weight excluding hydrogens is 330 g/mol. The highest BCUT2D eigenvalue weighted by atomic mass is 32.1. The fourth-order valence-electron chi connectivity index (χ4n) is 4.10. The summed E-state index contributed by atoms with van der Waals surface area (Å²) in [6.07, 6.45) is 7.25. The Morgan fingerprint density at radius 1 is 1.28 bits per heavy atom. The molecule has 0 bridgehead atoms. The summed E-state index contributed by atoms with van der Waals surface area (Å²) < 4.78 is 6.36. The van der Waals surface area contributed by atoms with Crippen molar-refractivity contribution in [2.75, 3.05) is 26.7 Å². The average molecular weight is 358 g/mol. The van der Waals surface area contributed by atoms with Crippen molar-refractivity contribution in [2.24, 2.45) is 0 Å². The highest BCUT2D eigenvalue weighted by molar-refractivity contribution is 7.09. The van der Waals surface area contributed by atoms with E-state index in [-0.39, 0.29) is 5.60 Å². The average Bonchev–Trinajstić information content (AvgIpc) is 3.29. The Morgan fingerprint density at radius 2 is 2.08 bits per heavy atom. The van der Waals surface area contributed by atoms with E-state index < -0.39 is 0 Å². The highest BCUT2D eigenvalue weighted by Gasteiger charge is 2.43. The molecule has 134 valence electrons. The van der Waals surface area contributed by atoms with Crippen molar-refractivity contribution in [3.05, 3.63) is 52.5 Å². The van der Waals surface area contributed by atoms with Crippen LogP contribution in [0.2, 0.25) is 0 Å². The SMILES string of the molecule is CN(Cc1ccncc1)C1COC2(CCN(Cc3cccs3)CC2)C1. The van der Waals surface area contributed by atoms with E-state index in [1.807, 2.05) is 23.7 Å². The molecule has 1 spiro atoms. The predicted molar refractivity (Wildman–Crippen MR) is 102 cm³/mol. The van der Waals surface area contributed by atoms with Gasteiger partial charge in [0.25, 0.3) is 0 Å². The fourth-order valence-corrected chi connectivity index (χ4v) is 4.84. The van der Waals surface area contributed by atoms with Gasteiger partial charge in [-0.15, -0.1) is 11.3 Å². The van der Waals surface area contributed by atoms with E-state index in [0.29, 0.717) is 6.04 Å². The number of piperidine rings is 1. The normalized spacial score (nSPS) is 23.5. The molecular formula is C20H27N3OS. The minimum Gasteiger partial charge on any atom is -0.373 e. The van der Waals surface area contributed by atoms with Gasteiger partial charge in [-0.3, -0.25) is 14.8 Å². The molecule has 2 aliphatic rings. The lowest BCUT2D eigenvalue weighted by atomic mass is 9.87. The van der Waals surface area contributed by atoms with Crippen molar-refractivity contribution in [1.29, 1.82) is 0 Å². The Balaban J connectivity index is 1.28. The molecule has 1 atom stereocenters. The van der Waals surface area contributed by atoms with E-state index in [2.05, 4.69) is 51.5 Å². The molecule has 4 rings (SSSR count). The van der Waals surface area contributed by atoms with Crippen molar-refractivity contribution in [2.45, 2.75) is 44.0 Å². The van der Waals surface area contributed by atoms with Gasteiger partial charge in [0.15, 0.2) is 0 Å². The zero-order chi connectivity index (χ0) is 17.1. The smallest absolute Gasteiger partial charge is 0.0723 e. The number of likely N-dealkylation sites (N-methyl/N-ethyl adjacent to an activating group) is 1. The van der Waals surface area contributed by atoms with Gasteiger partial charge in [-0.1, -0.05) is 6.07 Å². The quantitative estimate of drug-likeness (QED) is 0.820. The Bertz CT molecular complexity index is 653. The molecule has 0 aliphatic carbocycles. The molecule has 0 aromatic carbocycles. The van der Waals surface area contributed by atoms with Crippen molar-refractivity contribution >= 4 is 11.3 Å². The number of ether oxygens (including phenoxy) is 1. The number of pyridine rings is 1. The van der Waals surface area contributed by atoms with Crippen LogP contribution in [0.25, 0.3) is 0 Å². The summed E-state index contributed by atoms with van der Waals surface area (Å²) in [5, 5.41) is 2.17. The molecule has 4 nitrogen and oxygen atoms in total. The lowest BCUT2D eigenvalue weighted by molar-refractivity contribution is -0.0451. The number of thiophene rings is 1. The van der Waals surface area contributed by atoms with Gasteiger partial charge in [0.2, 0.25) is 0 Å². The molecule has 1 unspecified atom stereocenters. The van der Waals surface area contributed by atoms with Gasteiger partial charge < -0.3 is 4.74 Å². The maximum absolute atomic E-state index is 6.36. The van der Waals surface area contributed by atoms with E-state index >= 15 is 0 Å². The third-order valence-electron chi connectivity index (χ3n) is 5.72. The van der Waals surface area contributed by atoms with Crippen molar-refractivity contribution in [3.63, 3.8) is 0 Å². The zero-order valence-electron chi connectivity index (χ0n) is 14.9. The van der Waals surface area contributed by atoms with E-state index in [1.54, 1.807) is 0 Å². The monoisotopic (exact) mass is 357 g/mol. The number of hydrogen-bond acceptors (Lipinski definition) is 5. The third kappa shape index (κ3) is 4.11. The molecule has 5 heteroatoms. The van der Waals surface area contributed by atoms with Crippen LogP contribution in [0.15, 0.2) is 42.0 Å². The molecule has 2 aromatic rings. The van der Waals surface area contributed by atoms with Crippen LogP contribution in [0.4, 0.5) is 0 Å². The maximum atomic E-state index is 6.36. The number of aromatic nitrogens is 1. The molecule has 25 heavy (non-hydrogen) atoms. The number of hydrogen-bond donors (Lipinski definition) is 0. The molecule has 2 aliphatic heterocycles. The van der Waals surface area contributed by atoms with Gasteiger partial charge in [0.1, 0.15) is 0 Å². The minimum absolute atomic E-state index is 0.114. The van der Waals surface area contributed by atoms with Crippen molar-refractivity contribution < 1.29 is 4.74 Å². The van der Waals surface area contributed by atoms with Gasteiger partial charge in [0, 0.05) is 49.5 Å². The second-order valence-electron chi connectivity index (χ2n) is 7.48. The van der Waals surface area contributed by atoms with Crippen LogP contribution in [-0.2, 0) is 17.8 Å². The van der Waals surface area contributed by atoms with Crippen LogP contribution in [0, 0.1) is 0 Å². The van der Waals surface area contributed by atoms with E-state index in [9.17, 15) is 0 Å². The lowest BCUT2D eigenvalue weighted by Gasteiger charge is -2.38. The third-order valence-corrected chi connectivity index (χ3v) is 6.58. The van der Waals surface area contributed by atoms with Crippen molar-refractivity contribution in [1.82, 2.24) is 14.8 Å². The first-order chi connectivity index (χ1) is 12.2. The molecule has 0 amide bonds. The minimum atomic E-state index is 0.114. The van der Waals surface area contributed by atoms with E-state index in [0.717, 1.165) is 45.6 Å². The second kappa shape index (κ2) is 7.54. The molecule has 4 heterocycles. The predicted octanol–water partition coefficient (Wildman–Crippen LogP) is 3.40. The molecule has 0 N–H and O–H groups in total. The first-order valence-corrected chi connectivity index (χ1v) is 10.1. The summed E-state index contributed by atoms with van der Waals surface area (Å²) in [4.78, 5) is 10.6. The number of rotatable bonds is 5. The molecule has 2 fully saturated rings. The zero-order valence-corrected chi connectivity index (χ0v) is 15.8. The fraction of sp³-hybridized carbons (Fsp3) is 0.550. The topological polar surface area (TPSA) is 28.6 Å². The highest BCUT2D eigenvalue weighted by Crippen LogP contribution is 2.38. The van der Waals surface area contributed by atoms with Crippen LogP contribution < -0.4 is 0 Å². The Morgan fingerprint density at radius 3 is 2.80 bits per heavy atom. The van der Waals surface area contributed by atoms with Crippen molar-refractivity contribution in [3.8, 4) is 0 Å². The van der Waals surface area contributed by atoms with Crippen LogP contribution >= 0.6 is 11.3 Å². The van der Waals surface area contributed by atoms with Gasteiger partial charge in [-0.25, -0.2) is 0 Å². The summed E-state index contributed by atoms with van der Waals surface area (Å²) in [5.41, 5.74) is 1.44. The van der Waals surface area contributed by atoms with E-state index in [1.165, 1.54) is 16.9 Å². The molecule has 2 saturated heterocycles. The van der Waals surface area contributed by atoms with Crippen LogP contribution in [-0.4, -0.2) is 53.2 Å². The summed E-state index contributed by atoms with van der Waals surface area (Å²) >= 11 is 1.86. The van der Waals surface area contributed by atoms with Gasteiger partial charge >= 0.3 is 0 Å². The van der Waals surface area contributed by atoms with Crippen LogP contribution in [0.5, 0.6) is 0 Å². The summed E-state index contributed by atoms with van der Waals surface area (Å²) in [6.45, 7) is 5.24. The van der Waals surface area contributed by atoms with Crippen LogP contribution in [0.3, 0.4) is 0 Å². The number of nitrogens with zero attached hydrogens (tertiary/aromatic N) is 3. The molecule has 0 saturated carbocycles. The first-order valence-electron chi connectivity index (χ1n) is 9.20. The second-order valence-corrected chi connectivity index (χ2v) is 8.51. The Hall–Kier alpha value is -1.27. The van der Waals surface area contributed by atoms with Gasteiger partial charge in [-0.05, 0) is 55.5 Å². The Kier molecular flexibility index (Phi) is 5.17. The maximum Gasteiger partial charge on any atom is 0.0723 e.